The lowest BCUT2D eigenvalue weighted by Crippen LogP contribution is -2.32. The number of benzene rings is 5. The van der Waals surface area contributed by atoms with Crippen molar-refractivity contribution in [2.24, 2.45) is 0 Å². The van der Waals surface area contributed by atoms with Gasteiger partial charge in [-0.15, -0.1) is 0 Å². The van der Waals surface area contributed by atoms with E-state index in [0.717, 1.165) is 38.6 Å². The number of nitrogens with zero attached hydrogens (tertiary/aromatic N) is 1. The Morgan fingerprint density at radius 2 is 1.41 bits per heavy atom. The number of phenols is 3. The molecule has 39 heavy (non-hydrogen) atoms. The number of phenolic OH excluding ortho intramolecular Hbond substituents is 3. The van der Waals surface area contributed by atoms with Gasteiger partial charge >= 0.3 is 6.03 Å². The van der Waals surface area contributed by atoms with Crippen LogP contribution in [0.3, 0.4) is 0 Å². The van der Waals surface area contributed by atoms with Gasteiger partial charge in [0.15, 0.2) is 0 Å². The van der Waals surface area contributed by atoms with Gasteiger partial charge in [-0.05, 0) is 100.0 Å². The quantitative estimate of drug-likeness (QED) is 0.176. The summed E-state index contributed by atoms with van der Waals surface area (Å²) < 4.78 is 0. The summed E-state index contributed by atoms with van der Waals surface area (Å²) in [6, 6.07) is 31.3. The Hall–Kier alpha value is -4.97. The van der Waals surface area contributed by atoms with E-state index in [4.69, 9.17) is 0 Å². The number of urea groups is 1. The summed E-state index contributed by atoms with van der Waals surface area (Å²) in [5.41, 5.74) is 6.12. The molecule has 5 rings (SSSR count). The summed E-state index contributed by atoms with van der Waals surface area (Å²) in [5.74, 6) is 0.602. The van der Waals surface area contributed by atoms with Crippen LogP contribution >= 0.6 is 0 Å². The second kappa shape index (κ2) is 11.2. The van der Waals surface area contributed by atoms with Crippen LogP contribution < -0.4 is 5.32 Å². The van der Waals surface area contributed by atoms with E-state index in [1.165, 1.54) is 12.1 Å². The zero-order valence-electron chi connectivity index (χ0n) is 21.6. The van der Waals surface area contributed by atoms with Gasteiger partial charge in [0.25, 0.3) is 0 Å². The predicted octanol–water partition coefficient (Wildman–Crippen LogP) is 6.92. The third-order valence-corrected chi connectivity index (χ3v) is 6.87. The highest BCUT2D eigenvalue weighted by molar-refractivity contribution is 5.93. The molecule has 0 saturated heterocycles. The van der Waals surface area contributed by atoms with E-state index >= 15 is 0 Å². The maximum absolute atomic E-state index is 12.6. The van der Waals surface area contributed by atoms with Crippen molar-refractivity contribution in [3.63, 3.8) is 0 Å². The highest BCUT2D eigenvalue weighted by Gasteiger charge is 2.13. The number of fused-ring (bicyclic) bond motifs is 1. The van der Waals surface area contributed by atoms with Gasteiger partial charge in [0.2, 0.25) is 0 Å². The number of aromatic hydroxyl groups is 3. The summed E-state index contributed by atoms with van der Waals surface area (Å²) >= 11 is 0. The van der Waals surface area contributed by atoms with E-state index < -0.39 is 0 Å². The van der Waals surface area contributed by atoms with E-state index in [2.05, 4.69) is 29.6 Å². The fourth-order valence-electron chi connectivity index (χ4n) is 4.74. The number of rotatable bonds is 7. The van der Waals surface area contributed by atoms with Crippen LogP contribution in [-0.4, -0.2) is 39.8 Å². The lowest BCUT2D eigenvalue weighted by molar-refractivity contribution is 0.223. The summed E-state index contributed by atoms with van der Waals surface area (Å²) in [5, 5.41) is 34.1. The van der Waals surface area contributed by atoms with Crippen LogP contribution in [0.2, 0.25) is 0 Å². The Kier molecular flexibility index (Phi) is 7.37. The lowest BCUT2D eigenvalue weighted by Gasteiger charge is -2.18. The highest BCUT2D eigenvalue weighted by Crippen LogP contribution is 2.34. The molecule has 6 heteroatoms. The number of carbonyl (C=O) groups excluding carboxylic acids is 1. The molecule has 2 amide bonds. The zero-order chi connectivity index (χ0) is 27.4. The fraction of sp³-hybridized carbons (Fsp3) is 0.121. The monoisotopic (exact) mass is 518 g/mol. The van der Waals surface area contributed by atoms with E-state index in [0.29, 0.717) is 25.1 Å². The molecule has 0 spiro atoms. The number of amides is 2. The molecule has 196 valence electrons. The van der Waals surface area contributed by atoms with Gasteiger partial charge in [0, 0.05) is 19.3 Å². The average molecular weight is 519 g/mol. The van der Waals surface area contributed by atoms with Gasteiger partial charge in [0.1, 0.15) is 17.2 Å². The first kappa shape index (κ1) is 25.7. The summed E-state index contributed by atoms with van der Waals surface area (Å²) in [7, 11) is 1.76. The van der Waals surface area contributed by atoms with Crippen LogP contribution in [0.25, 0.3) is 21.9 Å². The van der Waals surface area contributed by atoms with Crippen LogP contribution in [-0.2, 0) is 12.8 Å². The first-order valence-corrected chi connectivity index (χ1v) is 12.8. The molecule has 0 aromatic heterocycles. The van der Waals surface area contributed by atoms with Crippen molar-refractivity contribution in [1.29, 1.82) is 0 Å². The molecule has 5 aromatic carbocycles. The van der Waals surface area contributed by atoms with Gasteiger partial charge in [-0.1, -0.05) is 54.6 Å². The Balaban J connectivity index is 1.35. The van der Waals surface area contributed by atoms with Gasteiger partial charge < -0.3 is 25.5 Å². The summed E-state index contributed by atoms with van der Waals surface area (Å²) in [6.45, 7) is 0.541. The highest BCUT2D eigenvalue weighted by atomic mass is 16.3. The minimum absolute atomic E-state index is 0.151. The van der Waals surface area contributed by atoms with Gasteiger partial charge in [-0.2, -0.15) is 0 Å². The third-order valence-electron chi connectivity index (χ3n) is 6.87. The second-order valence-electron chi connectivity index (χ2n) is 9.69. The Morgan fingerprint density at radius 1 is 0.744 bits per heavy atom. The van der Waals surface area contributed by atoms with Crippen LogP contribution in [0.5, 0.6) is 17.2 Å². The molecule has 0 atom stereocenters. The minimum atomic E-state index is -0.214. The van der Waals surface area contributed by atoms with E-state index in [1.54, 1.807) is 48.3 Å². The number of anilines is 1. The smallest absolute Gasteiger partial charge is 0.321 e. The zero-order valence-corrected chi connectivity index (χ0v) is 21.6. The van der Waals surface area contributed by atoms with Gasteiger partial charge in [-0.25, -0.2) is 4.79 Å². The van der Waals surface area contributed by atoms with Crippen molar-refractivity contribution in [2.75, 3.05) is 18.9 Å². The van der Waals surface area contributed by atoms with Gasteiger partial charge in [-0.3, -0.25) is 0 Å². The first-order valence-electron chi connectivity index (χ1n) is 12.8. The largest absolute Gasteiger partial charge is 0.508 e. The van der Waals surface area contributed by atoms with Crippen molar-refractivity contribution in [3.05, 3.63) is 120 Å². The van der Waals surface area contributed by atoms with Crippen LogP contribution in [0.1, 0.15) is 16.7 Å². The Labute approximate surface area is 227 Å². The number of likely N-dealkylation sites (N-methyl/N-ethyl adjacent to an activating group) is 1. The molecule has 0 heterocycles. The number of hydrogen-bond acceptors (Lipinski definition) is 4. The standard InChI is InChI=1S/C33H30N2O4/c1-35(33(39)34-26-8-12-28(37)13-9-26)18-17-22-3-2-4-23(19-22)20-32-30(24-5-10-27(36)11-6-24)15-7-25-21-29(38)14-16-31(25)32/h2-16,19,21,36-38H,17-18,20H2,1H3,(H,34,39). The second-order valence-corrected chi connectivity index (χ2v) is 9.69. The molecular formula is C33H30N2O4. The van der Waals surface area contributed by atoms with Crippen molar-refractivity contribution < 1.29 is 20.1 Å². The minimum Gasteiger partial charge on any atom is -0.508 e. The molecule has 6 nitrogen and oxygen atoms in total. The number of hydrogen-bond donors (Lipinski definition) is 4. The van der Waals surface area contributed by atoms with Crippen molar-refractivity contribution in [3.8, 4) is 28.4 Å². The predicted molar refractivity (Wildman–Crippen MR) is 155 cm³/mol. The molecule has 0 bridgehead atoms. The van der Waals surface area contributed by atoms with Crippen molar-refractivity contribution >= 4 is 22.5 Å². The Morgan fingerprint density at radius 3 is 2.15 bits per heavy atom. The third kappa shape index (κ3) is 6.13. The lowest BCUT2D eigenvalue weighted by atomic mass is 9.89. The summed E-state index contributed by atoms with van der Waals surface area (Å²) in [4.78, 5) is 14.2. The fourth-order valence-corrected chi connectivity index (χ4v) is 4.74. The molecule has 0 aliphatic carbocycles. The maximum Gasteiger partial charge on any atom is 0.321 e. The molecule has 0 aliphatic heterocycles. The number of carbonyl (C=O) groups is 1. The van der Waals surface area contributed by atoms with Crippen molar-refractivity contribution in [2.45, 2.75) is 12.8 Å². The molecule has 5 aromatic rings. The maximum atomic E-state index is 12.6. The summed E-state index contributed by atoms with van der Waals surface area (Å²) in [6.07, 6.45) is 1.38. The normalized spacial score (nSPS) is 10.9. The topological polar surface area (TPSA) is 93.0 Å². The first-order chi connectivity index (χ1) is 18.9. The number of nitrogens with one attached hydrogen (secondary N) is 1. The van der Waals surface area contributed by atoms with Gasteiger partial charge in [0.05, 0.1) is 0 Å². The van der Waals surface area contributed by atoms with E-state index in [-0.39, 0.29) is 23.3 Å². The molecule has 4 N–H and O–H groups in total. The van der Waals surface area contributed by atoms with Crippen LogP contribution in [0, 0.1) is 0 Å². The molecular weight excluding hydrogens is 488 g/mol. The van der Waals surface area contributed by atoms with E-state index in [1.807, 2.05) is 30.3 Å². The molecule has 0 saturated carbocycles. The van der Waals surface area contributed by atoms with E-state index in [9.17, 15) is 20.1 Å². The molecule has 0 aliphatic rings. The average Bonchev–Trinajstić information content (AvgIpc) is 2.94. The SMILES string of the molecule is CN(CCc1cccc(Cc2c(-c3ccc(O)cc3)ccc3cc(O)ccc23)c1)C(=O)Nc1ccc(O)cc1. The van der Waals surface area contributed by atoms with Crippen molar-refractivity contribution in [1.82, 2.24) is 4.90 Å². The molecule has 0 fully saturated rings. The Bertz CT molecular complexity index is 1610. The molecule has 0 radical (unpaired) electrons. The molecule has 0 unspecified atom stereocenters. The van der Waals surface area contributed by atoms with Crippen LogP contribution in [0.15, 0.2) is 103 Å². The van der Waals surface area contributed by atoms with Crippen LogP contribution in [0.4, 0.5) is 10.5 Å².